The lowest BCUT2D eigenvalue weighted by atomic mass is 10.0. The van der Waals surface area contributed by atoms with E-state index in [9.17, 15) is 14.2 Å². The summed E-state index contributed by atoms with van der Waals surface area (Å²) in [5.74, 6) is 0.795. The van der Waals surface area contributed by atoms with Crippen molar-refractivity contribution in [3.05, 3.63) is 59.8 Å². The van der Waals surface area contributed by atoms with Gasteiger partial charge >= 0.3 is 6.09 Å². The topological polar surface area (TPSA) is 141 Å². The molecule has 5 rings (SSSR count). The third-order valence-corrected chi connectivity index (χ3v) is 10.8. The molecule has 3 N–H and O–H groups in total. The Bertz CT molecular complexity index is 1850. The van der Waals surface area contributed by atoms with Gasteiger partial charge in [0.1, 0.15) is 23.5 Å². The van der Waals surface area contributed by atoms with E-state index < -0.39 is 12.7 Å². The second kappa shape index (κ2) is 16.1. The maximum absolute atomic E-state index is 12.9. The number of aromatic nitrogens is 2. The van der Waals surface area contributed by atoms with Crippen molar-refractivity contribution in [3.63, 3.8) is 0 Å². The van der Waals surface area contributed by atoms with Gasteiger partial charge in [-0.25, -0.2) is 9.78 Å². The summed E-state index contributed by atoms with van der Waals surface area (Å²) in [4.78, 5) is 41.0. The minimum absolute atomic E-state index is 0.233. The van der Waals surface area contributed by atoms with Gasteiger partial charge in [0, 0.05) is 62.3 Å². The minimum atomic E-state index is -2.59. The van der Waals surface area contributed by atoms with Crippen LogP contribution in [0.15, 0.2) is 54.7 Å². The molecule has 0 aliphatic carbocycles. The van der Waals surface area contributed by atoms with Gasteiger partial charge in [-0.15, -0.1) is 0 Å². The predicted octanol–water partition coefficient (Wildman–Crippen LogP) is 6.91. The fourth-order valence-electron chi connectivity index (χ4n) is 6.31. The molecular formula is C37H50ClN8O5P. The van der Waals surface area contributed by atoms with Crippen molar-refractivity contribution in [2.45, 2.75) is 52.2 Å². The number of anilines is 6. The third-order valence-electron chi connectivity index (χ3n) is 8.97. The van der Waals surface area contributed by atoms with Gasteiger partial charge < -0.3 is 39.8 Å². The third kappa shape index (κ3) is 9.76. The Balaban J connectivity index is 1.33. The molecule has 0 saturated carbocycles. The average Bonchev–Trinajstić information content (AvgIpc) is 3.09. The van der Waals surface area contributed by atoms with Crippen LogP contribution in [0.4, 0.5) is 39.3 Å². The van der Waals surface area contributed by atoms with E-state index in [2.05, 4.69) is 42.3 Å². The Morgan fingerprint density at radius 3 is 2.27 bits per heavy atom. The SMILES string of the molecule is C=C(C)C(=O)Nc1cc(Nc2ncc(Cl)c(Nc3ccccc3P(C)(C)=O)n2)c(OC)cc1N1CCC(N2CCN(C(=O)OC(C)(C)C)CC2)CC1. The van der Waals surface area contributed by atoms with Crippen LogP contribution in [-0.2, 0) is 14.1 Å². The maximum atomic E-state index is 12.9. The van der Waals surface area contributed by atoms with E-state index in [1.165, 1.54) is 6.20 Å². The zero-order valence-electron chi connectivity index (χ0n) is 31.1. The Hall–Kier alpha value is -4.32. The summed E-state index contributed by atoms with van der Waals surface area (Å²) in [6.45, 7) is 19.0. The first-order chi connectivity index (χ1) is 24.5. The molecule has 0 spiro atoms. The molecule has 0 unspecified atom stereocenters. The van der Waals surface area contributed by atoms with Crippen LogP contribution in [0.3, 0.4) is 0 Å². The van der Waals surface area contributed by atoms with Crippen LogP contribution in [0.5, 0.6) is 5.75 Å². The summed E-state index contributed by atoms with van der Waals surface area (Å²) < 4.78 is 24.4. The van der Waals surface area contributed by atoms with Crippen LogP contribution in [0.1, 0.15) is 40.5 Å². The van der Waals surface area contributed by atoms with Crippen molar-refractivity contribution in [1.29, 1.82) is 0 Å². The lowest BCUT2D eigenvalue weighted by Gasteiger charge is -2.43. The number of piperidine rings is 1. The zero-order chi connectivity index (χ0) is 37.8. The van der Waals surface area contributed by atoms with Crippen LogP contribution >= 0.6 is 18.7 Å². The van der Waals surface area contributed by atoms with Crippen LogP contribution in [0.25, 0.3) is 0 Å². The van der Waals surface area contributed by atoms with E-state index in [0.29, 0.717) is 58.6 Å². The number of nitrogens with zero attached hydrogens (tertiary/aromatic N) is 5. The van der Waals surface area contributed by atoms with Crippen LogP contribution in [0, 0.1) is 0 Å². The Morgan fingerprint density at radius 2 is 1.65 bits per heavy atom. The van der Waals surface area contributed by atoms with Gasteiger partial charge in [0.25, 0.3) is 5.91 Å². The maximum Gasteiger partial charge on any atom is 0.410 e. The number of hydrogen-bond donors (Lipinski definition) is 3. The molecule has 2 fully saturated rings. The average molecular weight is 753 g/mol. The summed E-state index contributed by atoms with van der Waals surface area (Å²) in [7, 11) is -1.01. The quantitative estimate of drug-likeness (QED) is 0.147. The van der Waals surface area contributed by atoms with Crippen molar-refractivity contribution in [2.24, 2.45) is 0 Å². The van der Waals surface area contributed by atoms with Crippen molar-refractivity contribution < 1.29 is 23.6 Å². The van der Waals surface area contributed by atoms with Gasteiger partial charge in [-0.3, -0.25) is 9.69 Å². The van der Waals surface area contributed by atoms with E-state index in [1.807, 2.05) is 57.2 Å². The number of benzene rings is 2. The molecule has 0 atom stereocenters. The number of carbonyl (C=O) groups excluding carboxylic acids is 2. The smallest absolute Gasteiger partial charge is 0.410 e. The van der Waals surface area contributed by atoms with E-state index in [4.69, 9.17) is 21.1 Å². The molecule has 2 aliphatic rings. The molecule has 52 heavy (non-hydrogen) atoms. The Kier molecular flexibility index (Phi) is 12.1. The molecule has 280 valence electrons. The van der Waals surface area contributed by atoms with Crippen LogP contribution < -0.4 is 30.9 Å². The Labute approximate surface area is 311 Å². The Morgan fingerprint density at radius 1 is 0.981 bits per heavy atom. The molecule has 3 aromatic rings. The minimum Gasteiger partial charge on any atom is -0.494 e. The summed E-state index contributed by atoms with van der Waals surface area (Å²) in [5.41, 5.74) is 2.44. The predicted molar refractivity (Wildman–Crippen MR) is 210 cm³/mol. The molecule has 0 bridgehead atoms. The number of carbonyl (C=O) groups is 2. The molecule has 3 heterocycles. The standard InChI is InChI=1S/C37H50ClN8O5P/c1-24(2)34(47)41-28-21-29(42-35-39-23-26(38)33(43-35)40-27-11-9-10-12-32(27)52(7,8)49)31(50-6)22-30(28)45-15-13-25(14-16-45)44-17-19-46(20-18-44)36(48)51-37(3,4)5/h9-12,21-23,25H,1,13-20H2,2-8H3,(H,41,47)(H2,39,40,42,43). The van der Waals surface area contributed by atoms with Gasteiger partial charge in [0.05, 0.1) is 36.1 Å². The number of piperazine rings is 1. The summed E-state index contributed by atoms with van der Waals surface area (Å²) >= 11 is 6.50. The molecule has 15 heteroatoms. The lowest BCUT2D eigenvalue weighted by Crippen LogP contribution is -2.55. The van der Waals surface area contributed by atoms with E-state index in [0.717, 1.165) is 44.7 Å². The van der Waals surface area contributed by atoms with Gasteiger partial charge in [0.15, 0.2) is 5.82 Å². The summed E-state index contributed by atoms with van der Waals surface area (Å²) in [6, 6.07) is 11.4. The zero-order valence-corrected chi connectivity index (χ0v) is 32.7. The highest BCUT2D eigenvalue weighted by Crippen LogP contribution is 2.41. The van der Waals surface area contributed by atoms with Gasteiger partial charge in [-0.2, -0.15) is 4.98 Å². The molecule has 0 radical (unpaired) electrons. The molecule has 2 aliphatic heterocycles. The van der Waals surface area contributed by atoms with E-state index in [-0.39, 0.29) is 23.0 Å². The number of halogens is 1. The highest BCUT2D eigenvalue weighted by molar-refractivity contribution is 7.70. The molecule has 13 nitrogen and oxygen atoms in total. The first-order valence-corrected chi connectivity index (χ1v) is 20.4. The normalized spacial score (nSPS) is 15.9. The number of nitrogens with one attached hydrogen (secondary N) is 3. The highest BCUT2D eigenvalue weighted by Gasteiger charge is 2.32. The number of para-hydroxylation sites is 1. The first-order valence-electron chi connectivity index (χ1n) is 17.4. The van der Waals surface area contributed by atoms with Crippen molar-refractivity contribution in [3.8, 4) is 5.75 Å². The molecular weight excluding hydrogens is 703 g/mol. The number of hydrogen-bond acceptors (Lipinski definition) is 11. The lowest BCUT2D eigenvalue weighted by molar-refractivity contribution is -0.112. The molecule has 1 aromatic heterocycles. The van der Waals surface area contributed by atoms with Gasteiger partial charge in [0.2, 0.25) is 5.95 Å². The highest BCUT2D eigenvalue weighted by atomic mass is 35.5. The van der Waals surface area contributed by atoms with Gasteiger partial charge in [-0.1, -0.05) is 30.3 Å². The largest absolute Gasteiger partial charge is 0.494 e. The van der Waals surface area contributed by atoms with Crippen LogP contribution in [0.2, 0.25) is 5.02 Å². The molecule has 2 saturated heterocycles. The number of ether oxygens (including phenoxy) is 2. The second-order valence-corrected chi connectivity index (χ2v) is 18.1. The summed E-state index contributed by atoms with van der Waals surface area (Å²) in [5, 5.41) is 10.4. The first kappa shape index (κ1) is 38.9. The number of methoxy groups -OCH3 is 1. The van der Waals surface area contributed by atoms with E-state index in [1.54, 1.807) is 32.3 Å². The number of rotatable bonds is 10. The fraction of sp³-hybridized carbons (Fsp3) is 0.459. The van der Waals surface area contributed by atoms with Crippen molar-refractivity contribution >= 4 is 70.6 Å². The summed E-state index contributed by atoms with van der Waals surface area (Å²) in [6.07, 6.45) is 3.06. The van der Waals surface area contributed by atoms with Crippen molar-refractivity contribution in [1.82, 2.24) is 19.8 Å². The molecule has 2 amide bonds. The molecule has 2 aromatic carbocycles. The van der Waals surface area contributed by atoms with Crippen molar-refractivity contribution in [2.75, 3.05) is 80.6 Å². The second-order valence-electron chi connectivity index (χ2n) is 14.5. The van der Waals surface area contributed by atoms with E-state index >= 15 is 0 Å². The fourth-order valence-corrected chi connectivity index (χ4v) is 7.60. The number of amides is 2. The monoisotopic (exact) mass is 752 g/mol. The van der Waals surface area contributed by atoms with Crippen LogP contribution in [-0.4, -0.2) is 103 Å². The van der Waals surface area contributed by atoms with Gasteiger partial charge in [-0.05, 0) is 72.1 Å².